The first kappa shape index (κ1) is 14.0. The summed E-state index contributed by atoms with van der Waals surface area (Å²) in [5.41, 5.74) is 7.58. The van der Waals surface area contributed by atoms with Gasteiger partial charge in [0, 0.05) is 17.9 Å². The highest BCUT2D eigenvalue weighted by Crippen LogP contribution is 2.21. The van der Waals surface area contributed by atoms with E-state index < -0.39 is 0 Å². The summed E-state index contributed by atoms with van der Waals surface area (Å²) in [6.45, 7) is 4.73. The normalized spacial score (nSPS) is 10.9. The van der Waals surface area contributed by atoms with Crippen LogP contribution in [0, 0.1) is 0 Å². The molecule has 102 valence electrons. The summed E-state index contributed by atoms with van der Waals surface area (Å²) in [7, 11) is 0. The van der Waals surface area contributed by atoms with Crippen molar-refractivity contribution in [3.05, 3.63) is 40.4 Å². The van der Waals surface area contributed by atoms with Gasteiger partial charge < -0.3 is 5.73 Å². The molecular formula is C14H19ClN4. The van der Waals surface area contributed by atoms with Crippen molar-refractivity contribution in [3.63, 3.8) is 0 Å². The SMILES string of the molecule is CCc1nc(CC)n(-c2ccc(CCN)c(Cl)c2)n1. The molecule has 0 fully saturated rings. The van der Waals surface area contributed by atoms with Crippen LogP contribution in [0.25, 0.3) is 5.69 Å². The molecule has 0 spiro atoms. The zero-order valence-corrected chi connectivity index (χ0v) is 12.1. The van der Waals surface area contributed by atoms with E-state index in [2.05, 4.69) is 23.9 Å². The van der Waals surface area contributed by atoms with Crippen molar-refractivity contribution in [2.45, 2.75) is 33.1 Å². The number of benzene rings is 1. The van der Waals surface area contributed by atoms with E-state index in [0.29, 0.717) is 6.54 Å². The van der Waals surface area contributed by atoms with Gasteiger partial charge in [-0.2, -0.15) is 5.10 Å². The Balaban J connectivity index is 2.41. The lowest BCUT2D eigenvalue weighted by Crippen LogP contribution is -2.05. The van der Waals surface area contributed by atoms with Gasteiger partial charge in [0.05, 0.1) is 5.69 Å². The van der Waals surface area contributed by atoms with Crippen LogP contribution in [0.4, 0.5) is 0 Å². The fraction of sp³-hybridized carbons (Fsp3) is 0.429. The quantitative estimate of drug-likeness (QED) is 0.914. The molecule has 1 heterocycles. The lowest BCUT2D eigenvalue weighted by atomic mass is 10.1. The van der Waals surface area contributed by atoms with Gasteiger partial charge in [0.2, 0.25) is 0 Å². The average Bonchev–Trinajstić information content (AvgIpc) is 2.84. The maximum Gasteiger partial charge on any atom is 0.151 e. The summed E-state index contributed by atoms with van der Waals surface area (Å²) < 4.78 is 1.87. The number of hydrogen-bond donors (Lipinski definition) is 1. The van der Waals surface area contributed by atoms with Crippen LogP contribution in [0.15, 0.2) is 18.2 Å². The monoisotopic (exact) mass is 278 g/mol. The van der Waals surface area contributed by atoms with Crippen LogP contribution in [0.5, 0.6) is 0 Å². The largest absolute Gasteiger partial charge is 0.330 e. The highest BCUT2D eigenvalue weighted by Gasteiger charge is 2.10. The molecule has 5 heteroatoms. The first-order valence-electron chi connectivity index (χ1n) is 6.63. The van der Waals surface area contributed by atoms with Crippen molar-refractivity contribution in [2.24, 2.45) is 5.73 Å². The number of nitrogens with zero attached hydrogens (tertiary/aromatic N) is 3. The molecule has 2 aromatic rings. The van der Waals surface area contributed by atoms with E-state index >= 15 is 0 Å². The predicted molar refractivity (Wildman–Crippen MR) is 77.9 cm³/mol. The molecule has 0 aliphatic carbocycles. The van der Waals surface area contributed by atoms with Crippen LogP contribution >= 0.6 is 11.6 Å². The van der Waals surface area contributed by atoms with Crippen molar-refractivity contribution in [1.29, 1.82) is 0 Å². The average molecular weight is 279 g/mol. The van der Waals surface area contributed by atoms with Crippen LogP contribution in [-0.4, -0.2) is 21.3 Å². The van der Waals surface area contributed by atoms with Gasteiger partial charge in [0.1, 0.15) is 5.82 Å². The minimum absolute atomic E-state index is 0.600. The number of aromatic nitrogens is 3. The second kappa shape index (κ2) is 6.17. The molecule has 1 aromatic carbocycles. The van der Waals surface area contributed by atoms with Gasteiger partial charge >= 0.3 is 0 Å². The number of hydrogen-bond acceptors (Lipinski definition) is 3. The number of halogens is 1. The molecule has 2 rings (SSSR count). The van der Waals surface area contributed by atoms with E-state index in [0.717, 1.165) is 47.2 Å². The van der Waals surface area contributed by atoms with Gasteiger partial charge in [-0.25, -0.2) is 9.67 Å². The van der Waals surface area contributed by atoms with Gasteiger partial charge in [0.15, 0.2) is 5.82 Å². The van der Waals surface area contributed by atoms with Crippen LogP contribution in [0.2, 0.25) is 5.02 Å². The first-order valence-corrected chi connectivity index (χ1v) is 7.01. The summed E-state index contributed by atoms with van der Waals surface area (Å²) in [5.74, 6) is 1.82. The molecule has 0 amide bonds. The number of rotatable bonds is 5. The molecule has 19 heavy (non-hydrogen) atoms. The Bertz CT molecular complexity index is 563. The van der Waals surface area contributed by atoms with Gasteiger partial charge in [0.25, 0.3) is 0 Å². The molecule has 0 atom stereocenters. The molecule has 0 radical (unpaired) electrons. The minimum atomic E-state index is 0.600. The second-order valence-corrected chi connectivity index (χ2v) is 4.78. The van der Waals surface area contributed by atoms with E-state index in [-0.39, 0.29) is 0 Å². The predicted octanol–water partition coefficient (Wildman–Crippen LogP) is 2.55. The van der Waals surface area contributed by atoms with Crippen molar-refractivity contribution in [3.8, 4) is 5.69 Å². The summed E-state index contributed by atoms with van der Waals surface area (Å²) in [4.78, 5) is 4.50. The molecule has 1 aromatic heterocycles. The van der Waals surface area contributed by atoms with Gasteiger partial charge in [-0.1, -0.05) is 31.5 Å². The van der Waals surface area contributed by atoms with Crippen molar-refractivity contribution >= 4 is 11.6 Å². The third-order valence-electron chi connectivity index (χ3n) is 3.05. The summed E-state index contributed by atoms with van der Waals surface area (Å²) in [5, 5.41) is 5.24. The van der Waals surface area contributed by atoms with Crippen LogP contribution in [-0.2, 0) is 19.3 Å². The van der Waals surface area contributed by atoms with Crippen molar-refractivity contribution in [2.75, 3.05) is 6.54 Å². The van der Waals surface area contributed by atoms with E-state index in [9.17, 15) is 0 Å². The maximum atomic E-state index is 6.28. The first-order chi connectivity index (χ1) is 9.19. The zero-order valence-electron chi connectivity index (χ0n) is 11.4. The van der Waals surface area contributed by atoms with Crippen LogP contribution < -0.4 is 5.73 Å². The summed E-state index contributed by atoms with van der Waals surface area (Å²) >= 11 is 6.28. The number of nitrogens with two attached hydrogens (primary N) is 1. The molecule has 0 aliphatic rings. The van der Waals surface area contributed by atoms with Crippen LogP contribution in [0.3, 0.4) is 0 Å². The molecule has 4 nitrogen and oxygen atoms in total. The topological polar surface area (TPSA) is 56.7 Å². The third-order valence-corrected chi connectivity index (χ3v) is 3.40. The molecule has 2 N–H and O–H groups in total. The maximum absolute atomic E-state index is 6.28. The highest BCUT2D eigenvalue weighted by atomic mass is 35.5. The molecule has 0 unspecified atom stereocenters. The Labute approximate surface area is 118 Å². The fourth-order valence-electron chi connectivity index (χ4n) is 2.00. The van der Waals surface area contributed by atoms with E-state index in [1.165, 1.54) is 0 Å². The smallest absolute Gasteiger partial charge is 0.151 e. The minimum Gasteiger partial charge on any atom is -0.330 e. The van der Waals surface area contributed by atoms with Gasteiger partial charge in [-0.3, -0.25) is 0 Å². The Morgan fingerprint density at radius 2 is 2.05 bits per heavy atom. The third kappa shape index (κ3) is 2.96. The summed E-state index contributed by atoms with van der Waals surface area (Å²) in [6, 6.07) is 5.96. The van der Waals surface area contributed by atoms with E-state index in [4.69, 9.17) is 17.3 Å². The Hall–Kier alpha value is -1.39. The second-order valence-electron chi connectivity index (χ2n) is 4.38. The summed E-state index contributed by atoms with van der Waals surface area (Å²) in [6.07, 6.45) is 2.46. The fourth-order valence-corrected chi connectivity index (χ4v) is 2.27. The van der Waals surface area contributed by atoms with Gasteiger partial charge in [-0.15, -0.1) is 0 Å². The van der Waals surface area contributed by atoms with E-state index in [1.54, 1.807) is 0 Å². The highest BCUT2D eigenvalue weighted by molar-refractivity contribution is 6.31. The van der Waals surface area contributed by atoms with Gasteiger partial charge in [-0.05, 0) is 30.7 Å². The molecule has 0 saturated heterocycles. The van der Waals surface area contributed by atoms with E-state index in [1.807, 2.05) is 22.9 Å². The Kier molecular flexibility index (Phi) is 4.56. The standard InChI is InChI=1S/C14H19ClN4/c1-3-13-17-14(4-2)19(18-13)11-6-5-10(7-8-16)12(15)9-11/h5-6,9H,3-4,7-8,16H2,1-2H3. The van der Waals surface area contributed by atoms with Crippen molar-refractivity contribution < 1.29 is 0 Å². The molecular weight excluding hydrogens is 260 g/mol. The van der Waals surface area contributed by atoms with Crippen molar-refractivity contribution in [1.82, 2.24) is 14.8 Å². The Morgan fingerprint density at radius 3 is 2.63 bits per heavy atom. The molecule has 0 bridgehead atoms. The lowest BCUT2D eigenvalue weighted by Gasteiger charge is -2.08. The molecule has 0 aliphatic heterocycles. The lowest BCUT2D eigenvalue weighted by molar-refractivity contribution is 0.790. The van der Waals surface area contributed by atoms with Crippen LogP contribution in [0.1, 0.15) is 31.1 Å². The molecule has 0 saturated carbocycles. The Morgan fingerprint density at radius 1 is 1.26 bits per heavy atom. The zero-order chi connectivity index (χ0) is 13.8. The number of aryl methyl sites for hydroxylation is 2.